The van der Waals surface area contributed by atoms with Crippen LogP contribution in [-0.2, 0) is 22.4 Å². The van der Waals surface area contributed by atoms with Gasteiger partial charge in [-0.15, -0.1) is 0 Å². The Balaban J connectivity index is 1.75. The highest BCUT2D eigenvalue weighted by molar-refractivity contribution is 5.74. The van der Waals surface area contributed by atoms with Crippen LogP contribution in [-0.4, -0.2) is 63.5 Å². The third-order valence-corrected chi connectivity index (χ3v) is 7.98. The molecule has 7 heteroatoms. The van der Waals surface area contributed by atoms with Gasteiger partial charge in [0.15, 0.2) is 17.6 Å². The summed E-state index contributed by atoms with van der Waals surface area (Å²) in [6, 6.07) is 11.0. The zero-order valence-corrected chi connectivity index (χ0v) is 23.1. The summed E-state index contributed by atoms with van der Waals surface area (Å²) in [6.07, 6.45) is 2.91. The number of ether oxygens (including phenoxy) is 3. The van der Waals surface area contributed by atoms with E-state index in [0.717, 1.165) is 48.6 Å². The van der Waals surface area contributed by atoms with Crippen molar-refractivity contribution in [3.63, 3.8) is 0 Å². The highest BCUT2D eigenvalue weighted by Gasteiger charge is 2.52. The topological polar surface area (TPSA) is 68.2 Å². The molecule has 1 aliphatic carbocycles. The van der Waals surface area contributed by atoms with E-state index in [-0.39, 0.29) is 17.7 Å². The molecule has 1 aliphatic rings. The number of carboxylic acids is 1. The van der Waals surface area contributed by atoms with Crippen LogP contribution in [0.3, 0.4) is 0 Å². The minimum absolute atomic E-state index is 0.0435. The van der Waals surface area contributed by atoms with Crippen molar-refractivity contribution in [3.05, 3.63) is 58.9 Å². The molecule has 37 heavy (non-hydrogen) atoms. The molecule has 1 N–H and O–H groups in total. The molecule has 2 aromatic carbocycles. The number of aryl methyl sites for hydroxylation is 2. The van der Waals surface area contributed by atoms with Crippen molar-refractivity contribution in [2.75, 3.05) is 41.5 Å². The lowest BCUT2D eigenvalue weighted by Crippen LogP contribution is -2.51. The zero-order valence-electron chi connectivity index (χ0n) is 23.1. The van der Waals surface area contributed by atoms with Gasteiger partial charge in [0.05, 0.1) is 14.2 Å². The lowest BCUT2D eigenvalue weighted by Gasteiger charge is -2.50. The minimum atomic E-state index is -0.935. The van der Waals surface area contributed by atoms with Gasteiger partial charge >= 0.3 is 5.97 Å². The average molecular weight is 516 g/mol. The van der Waals surface area contributed by atoms with Gasteiger partial charge in [-0.25, -0.2) is 9.18 Å². The van der Waals surface area contributed by atoms with E-state index in [9.17, 15) is 14.3 Å². The van der Waals surface area contributed by atoms with Gasteiger partial charge in [-0.1, -0.05) is 26.0 Å². The van der Waals surface area contributed by atoms with Gasteiger partial charge in [0, 0.05) is 12.5 Å². The number of hydrogen-bond acceptors (Lipinski definition) is 5. The van der Waals surface area contributed by atoms with E-state index in [1.807, 2.05) is 18.2 Å². The van der Waals surface area contributed by atoms with Gasteiger partial charge in [0.1, 0.15) is 5.82 Å². The van der Waals surface area contributed by atoms with E-state index >= 15 is 0 Å². The third kappa shape index (κ3) is 6.44. The number of aliphatic carboxylic acids is 1. The van der Waals surface area contributed by atoms with Crippen LogP contribution in [0.2, 0.25) is 0 Å². The number of benzene rings is 2. The molecule has 0 aromatic heterocycles. The fourth-order valence-corrected chi connectivity index (χ4v) is 6.34. The number of halogens is 1. The molecule has 3 atom stereocenters. The Bertz CT molecular complexity index is 1060. The predicted octanol–water partition coefficient (Wildman–Crippen LogP) is 5.57. The van der Waals surface area contributed by atoms with Crippen molar-refractivity contribution in [3.8, 4) is 11.5 Å². The van der Waals surface area contributed by atoms with E-state index in [1.54, 1.807) is 20.3 Å². The Morgan fingerprint density at radius 3 is 2.46 bits per heavy atom. The number of rotatable bonds is 13. The predicted molar refractivity (Wildman–Crippen MR) is 143 cm³/mol. The molecule has 0 radical (unpaired) electrons. The quantitative estimate of drug-likeness (QED) is 0.376. The van der Waals surface area contributed by atoms with Gasteiger partial charge in [-0.2, -0.15) is 0 Å². The Labute approximate surface area is 220 Å². The number of carboxylic acid groups (broad SMARTS) is 1. The van der Waals surface area contributed by atoms with Gasteiger partial charge in [0.2, 0.25) is 0 Å². The van der Waals surface area contributed by atoms with Crippen LogP contribution in [0.5, 0.6) is 11.5 Å². The van der Waals surface area contributed by atoms with Gasteiger partial charge in [-0.3, -0.25) is 0 Å². The number of methoxy groups -OCH3 is 3. The first kappa shape index (κ1) is 28.9. The Morgan fingerprint density at radius 1 is 1.11 bits per heavy atom. The molecule has 6 nitrogen and oxygen atoms in total. The van der Waals surface area contributed by atoms with Crippen molar-refractivity contribution < 1.29 is 28.5 Å². The van der Waals surface area contributed by atoms with Crippen molar-refractivity contribution in [2.45, 2.75) is 58.0 Å². The number of carbonyl (C=O) groups is 1. The molecule has 0 heterocycles. The molecule has 1 unspecified atom stereocenters. The zero-order chi connectivity index (χ0) is 27.2. The van der Waals surface area contributed by atoms with Crippen molar-refractivity contribution in [1.29, 1.82) is 0 Å². The van der Waals surface area contributed by atoms with Crippen molar-refractivity contribution in [1.82, 2.24) is 4.90 Å². The first-order valence-electron chi connectivity index (χ1n) is 13.1. The standard InChI is InChI=1S/C30H42FNO5/c1-20(2)27-24-11-10-23(31)19-22(24)13-14-30(27,28(37-6)29(33)34)15-17-32(3)16-7-8-21-9-12-25(35-4)26(18-21)36-5/h9-12,18-20,27-28H,7-8,13-17H2,1-6H3,(H,33,34)/t27-,28+,30?/m1/s1. The maximum atomic E-state index is 14.0. The normalized spacial score (nSPS) is 20.1. The summed E-state index contributed by atoms with van der Waals surface area (Å²) in [5, 5.41) is 10.2. The summed E-state index contributed by atoms with van der Waals surface area (Å²) in [7, 11) is 6.84. The van der Waals surface area contributed by atoms with Crippen LogP contribution in [0.15, 0.2) is 36.4 Å². The number of hydrogen-bond donors (Lipinski definition) is 1. The molecule has 204 valence electrons. The number of fused-ring (bicyclic) bond motifs is 1. The Kier molecular flexibility index (Phi) is 9.96. The molecule has 0 bridgehead atoms. The second kappa shape index (κ2) is 12.7. The molecule has 2 aromatic rings. The highest BCUT2D eigenvalue weighted by Crippen LogP contribution is 2.54. The smallest absolute Gasteiger partial charge is 0.333 e. The van der Waals surface area contributed by atoms with Crippen molar-refractivity contribution in [2.24, 2.45) is 11.3 Å². The molecule has 0 saturated carbocycles. The highest BCUT2D eigenvalue weighted by atomic mass is 19.1. The maximum Gasteiger partial charge on any atom is 0.333 e. The van der Waals surface area contributed by atoms with Crippen LogP contribution >= 0.6 is 0 Å². The summed E-state index contributed by atoms with van der Waals surface area (Å²) in [6.45, 7) is 5.88. The summed E-state index contributed by atoms with van der Waals surface area (Å²) in [5.74, 6) is 0.400. The summed E-state index contributed by atoms with van der Waals surface area (Å²) in [4.78, 5) is 14.7. The first-order valence-corrected chi connectivity index (χ1v) is 13.1. The molecule has 0 aliphatic heterocycles. The second-order valence-corrected chi connectivity index (χ2v) is 10.6. The lowest BCUT2D eigenvalue weighted by molar-refractivity contribution is -0.162. The molecule has 0 amide bonds. The largest absolute Gasteiger partial charge is 0.493 e. The lowest BCUT2D eigenvalue weighted by atomic mass is 9.56. The molecule has 0 fully saturated rings. The van der Waals surface area contributed by atoms with E-state index in [1.165, 1.54) is 18.7 Å². The van der Waals surface area contributed by atoms with E-state index in [4.69, 9.17) is 14.2 Å². The van der Waals surface area contributed by atoms with Crippen LogP contribution < -0.4 is 9.47 Å². The third-order valence-electron chi connectivity index (χ3n) is 7.98. The molecule has 0 saturated heterocycles. The summed E-state index contributed by atoms with van der Waals surface area (Å²) < 4.78 is 30.4. The second-order valence-electron chi connectivity index (χ2n) is 10.6. The van der Waals surface area contributed by atoms with Gasteiger partial charge in [0.25, 0.3) is 0 Å². The molecule has 3 rings (SSSR count). The Morgan fingerprint density at radius 2 is 1.84 bits per heavy atom. The van der Waals surface area contributed by atoms with Crippen molar-refractivity contribution >= 4 is 5.97 Å². The van der Waals surface area contributed by atoms with Crippen LogP contribution in [0.25, 0.3) is 0 Å². The fourth-order valence-electron chi connectivity index (χ4n) is 6.34. The Hall–Kier alpha value is -2.64. The molecule has 0 spiro atoms. The molecular weight excluding hydrogens is 473 g/mol. The van der Waals surface area contributed by atoms with Crippen LogP contribution in [0, 0.1) is 17.2 Å². The first-order chi connectivity index (χ1) is 17.7. The number of nitrogens with zero attached hydrogens (tertiary/aromatic N) is 1. The molecular formula is C30H42FNO5. The van der Waals surface area contributed by atoms with Crippen LogP contribution in [0.1, 0.15) is 55.7 Å². The van der Waals surface area contributed by atoms with Crippen LogP contribution in [0.4, 0.5) is 4.39 Å². The maximum absolute atomic E-state index is 14.0. The van der Waals surface area contributed by atoms with E-state index in [0.29, 0.717) is 19.3 Å². The van der Waals surface area contributed by atoms with E-state index in [2.05, 4.69) is 31.9 Å². The SMILES string of the molecule is COc1ccc(CCCN(C)CCC2([C@@H](OC)C(=O)O)CCc3cc(F)ccc3[C@H]2C(C)C)cc1OC. The summed E-state index contributed by atoms with van der Waals surface area (Å²) >= 11 is 0. The monoisotopic (exact) mass is 515 g/mol. The van der Waals surface area contributed by atoms with Gasteiger partial charge < -0.3 is 24.2 Å². The average Bonchev–Trinajstić information content (AvgIpc) is 2.87. The minimum Gasteiger partial charge on any atom is -0.493 e. The summed E-state index contributed by atoms with van der Waals surface area (Å²) in [5.41, 5.74) is 2.64. The van der Waals surface area contributed by atoms with Gasteiger partial charge in [-0.05, 0) is 105 Å². The fraction of sp³-hybridized carbons (Fsp3) is 0.567. The van der Waals surface area contributed by atoms with E-state index < -0.39 is 17.5 Å².